The average Bonchev–Trinajstić information content (AvgIpc) is 2.57. The molecule has 120 valence electrons. The molecule has 0 bridgehead atoms. The monoisotopic (exact) mass is 304 g/mol. The van der Waals surface area contributed by atoms with Gasteiger partial charge in [0.15, 0.2) is 0 Å². The molecule has 1 aromatic heterocycles. The van der Waals surface area contributed by atoms with Crippen LogP contribution in [0, 0.1) is 5.92 Å². The highest BCUT2D eigenvalue weighted by atomic mass is 16.2. The first-order valence-electron chi connectivity index (χ1n) is 7.90. The molecule has 2 rings (SSSR count). The minimum absolute atomic E-state index is 0.0288. The number of pyridine rings is 1. The molecule has 1 saturated heterocycles. The van der Waals surface area contributed by atoms with Gasteiger partial charge in [-0.05, 0) is 38.8 Å². The molecule has 2 heterocycles. The first kappa shape index (κ1) is 16.3. The maximum atomic E-state index is 12.3. The molecule has 0 unspecified atom stereocenters. The predicted molar refractivity (Wildman–Crippen MR) is 85.5 cm³/mol. The maximum Gasteiger partial charge on any atom is 0.319 e. The number of aromatic nitrogens is 1. The Morgan fingerprint density at radius 1 is 1.23 bits per heavy atom. The second-order valence-electron chi connectivity index (χ2n) is 5.44. The largest absolute Gasteiger partial charge is 0.326 e. The summed E-state index contributed by atoms with van der Waals surface area (Å²) in [5.41, 5.74) is 0.765. The quantitative estimate of drug-likeness (QED) is 0.927. The zero-order valence-electron chi connectivity index (χ0n) is 13.3. The number of carbonyl (C=O) groups excluding carboxylic acids is 2. The van der Waals surface area contributed by atoms with Crippen LogP contribution in [0.1, 0.15) is 26.7 Å². The van der Waals surface area contributed by atoms with E-state index in [-0.39, 0.29) is 17.9 Å². The van der Waals surface area contributed by atoms with Gasteiger partial charge < -0.3 is 15.1 Å². The van der Waals surface area contributed by atoms with Crippen LogP contribution in [0.4, 0.5) is 10.5 Å². The normalized spacial score (nSPS) is 15.5. The molecule has 22 heavy (non-hydrogen) atoms. The van der Waals surface area contributed by atoms with E-state index >= 15 is 0 Å². The number of amides is 3. The molecule has 0 saturated carbocycles. The summed E-state index contributed by atoms with van der Waals surface area (Å²) in [6.45, 7) is 6.69. The van der Waals surface area contributed by atoms with Gasteiger partial charge in [-0.1, -0.05) is 0 Å². The molecule has 1 aliphatic rings. The van der Waals surface area contributed by atoms with Gasteiger partial charge in [0.2, 0.25) is 5.91 Å². The second kappa shape index (κ2) is 7.77. The molecule has 0 aromatic carbocycles. The van der Waals surface area contributed by atoms with E-state index in [2.05, 4.69) is 10.3 Å². The fraction of sp³-hybridized carbons (Fsp3) is 0.562. The molecule has 1 fully saturated rings. The summed E-state index contributed by atoms with van der Waals surface area (Å²) in [6, 6.07) is 3.63. The van der Waals surface area contributed by atoms with Crippen LogP contribution in [-0.4, -0.2) is 52.9 Å². The minimum atomic E-state index is -0.0334. The number of likely N-dealkylation sites (tertiary alicyclic amines) is 1. The summed E-state index contributed by atoms with van der Waals surface area (Å²) >= 11 is 0. The van der Waals surface area contributed by atoms with Crippen molar-refractivity contribution in [3.05, 3.63) is 24.5 Å². The highest BCUT2D eigenvalue weighted by Gasteiger charge is 2.28. The summed E-state index contributed by atoms with van der Waals surface area (Å²) in [7, 11) is 0. The molecule has 6 heteroatoms. The molecule has 3 amide bonds. The number of urea groups is 1. The Morgan fingerprint density at radius 2 is 1.82 bits per heavy atom. The molecule has 0 spiro atoms. The van der Waals surface area contributed by atoms with E-state index in [4.69, 9.17) is 0 Å². The van der Waals surface area contributed by atoms with Gasteiger partial charge in [-0.25, -0.2) is 4.79 Å². The van der Waals surface area contributed by atoms with Crippen molar-refractivity contribution in [2.24, 2.45) is 5.92 Å². The minimum Gasteiger partial charge on any atom is -0.326 e. The van der Waals surface area contributed by atoms with E-state index in [1.165, 1.54) is 0 Å². The molecule has 0 radical (unpaired) electrons. The third-order valence-electron chi connectivity index (χ3n) is 4.12. The van der Waals surface area contributed by atoms with Crippen LogP contribution in [0.5, 0.6) is 0 Å². The van der Waals surface area contributed by atoms with Crippen LogP contribution >= 0.6 is 0 Å². The molecule has 0 aliphatic carbocycles. The highest BCUT2D eigenvalue weighted by molar-refractivity contribution is 5.92. The van der Waals surface area contributed by atoms with Gasteiger partial charge in [0, 0.05) is 50.2 Å². The van der Waals surface area contributed by atoms with Crippen molar-refractivity contribution in [2.45, 2.75) is 26.7 Å². The fourth-order valence-corrected chi connectivity index (χ4v) is 2.71. The highest BCUT2D eigenvalue weighted by Crippen LogP contribution is 2.20. The summed E-state index contributed by atoms with van der Waals surface area (Å²) < 4.78 is 0. The van der Waals surface area contributed by atoms with E-state index in [0.29, 0.717) is 25.9 Å². The number of hydrogen-bond acceptors (Lipinski definition) is 3. The maximum absolute atomic E-state index is 12.3. The van der Waals surface area contributed by atoms with Gasteiger partial charge in [-0.3, -0.25) is 9.78 Å². The topological polar surface area (TPSA) is 65.5 Å². The van der Waals surface area contributed by atoms with Crippen molar-refractivity contribution in [2.75, 3.05) is 31.5 Å². The molecular formula is C16H24N4O2. The molecule has 6 nitrogen and oxygen atoms in total. The van der Waals surface area contributed by atoms with Crippen molar-refractivity contribution in [1.29, 1.82) is 0 Å². The van der Waals surface area contributed by atoms with E-state index in [0.717, 1.165) is 18.8 Å². The van der Waals surface area contributed by atoms with Gasteiger partial charge in [0.1, 0.15) is 0 Å². The van der Waals surface area contributed by atoms with E-state index in [9.17, 15) is 9.59 Å². The number of piperidine rings is 1. The summed E-state index contributed by atoms with van der Waals surface area (Å²) in [6.07, 6.45) is 4.73. The van der Waals surface area contributed by atoms with Crippen LogP contribution in [0.25, 0.3) is 0 Å². The van der Waals surface area contributed by atoms with Crippen LogP contribution in [-0.2, 0) is 4.79 Å². The van der Waals surface area contributed by atoms with Gasteiger partial charge in [-0.15, -0.1) is 0 Å². The Morgan fingerprint density at radius 3 is 2.36 bits per heavy atom. The third-order valence-corrected chi connectivity index (χ3v) is 4.12. The van der Waals surface area contributed by atoms with Gasteiger partial charge >= 0.3 is 6.03 Å². The first-order chi connectivity index (χ1) is 10.7. The number of rotatable bonds is 4. The van der Waals surface area contributed by atoms with Crippen molar-refractivity contribution in [1.82, 2.24) is 14.8 Å². The molecule has 1 aromatic rings. The predicted octanol–water partition coefficient (Wildman–Crippen LogP) is 2.19. The van der Waals surface area contributed by atoms with E-state index < -0.39 is 0 Å². The Kier molecular flexibility index (Phi) is 5.75. The fourth-order valence-electron chi connectivity index (χ4n) is 2.71. The Hall–Kier alpha value is -2.11. The number of nitrogens with zero attached hydrogens (tertiary/aromatic N) is 3. The van der Waals surface area contributed by atoms with Crippen molar-refractivity contribution in [3.8, 4) is 0 Å². The Balaban J connectivity index is 1.84. The van der Waals surface area contributed by atoms with Crippen LogP contribution in [0.3, 0.4) is 0 Å². The van der Waals surface area contributed by atoms with E-state index in [1.807, 2.05) is 23.6 Å². The number of carbonyl (C=O) groups is 2. The average molecular weight is 304 g/mol. The zero-order valence-corrected chi connectivity index (χ0v) is 13.3. The van der Waals surface area contributed by atoms with Crippen molar-refractivity contribution in [3.63, 3.8) is 0 Å². The number of anilines is 1. The lowest BCUT2D eigenvalue weighted by Gasteiger charge is -2.34. The second-order valence-corrected chi connectivity index (χ2v) is 5.44. The van der Waals surface area contributed by atoms with Crippen LogP contribution < -0.4 is 5.32 Å². The van der Waals surface area contributed by atoms with Crippen LogP contribution in [0.2, 0.25) is 0 Å². The smallest absolute Gasteiger partial charge is 0.319 e. The van der Waals surface area contributed by atoms with Gasteiger partial charge in [0.05, 0.1) is 0 Å². The van der Waals surface area contributed by atoms with Crippen molar-refractivity contribution >= 4 is 17.6 Å². The molecular weight excluding hydrogens is 280 g/mol. The number of nitrogens with one attached hydrogen (secondary N) is 1. The van der Waals surface area contributed by atoms with E-state index in [1.54, 1.807) is 24.5 Å². The SMILES string of the molecule is CCN(CC)C(=O)N1CCC(C(=O)Nc2ccncc2)CC1. The van der Waals surface area contributed by atoms with Gasteiger partial charge in [0.25, 0.3) is 0 Å². The van der Waals surface area contributed by atoms with Crippen molar-refractivity contribution < 1.29 is 9.59 Å². The Bertz CT molecular complexity index is 494. The first-order valence-corrected chi connectivity index (χ1v) is 7.90. The lowest BCUT2D eigenvalue weighted by Crippen LogP contribution is -2.47. The number of hydrogen-bond donors (Lipinski definition) is 1. The summed E-state index contributed by atoms with van der Waals surface area (Å²) in [4.78, 5) is 32.1. The lowest BCUT2D eigenvalue weighted by molar-refractivity contribution is -0.121. The van der Waals surface area contributed by atoms with Crippen LogP contribution in [0.15, 0.2) is 24.5 Å². The molecule has 1 aliphatic heterocycles. The molecule has 0 atom stereocenters. The lowest BCUT2D eigenvalue weighted by atomic mass is 9.96. The molecule has 1 N–H and O–H groups in total. The summed E-state index contributed by atoms with van der Waals surface area (Å²) in [5, 5.41) is 2.91. The van der Waals surface area contributed by atoms with Gasteiger partial charge in [-0.2, -0.15) is 0 Å². The summed E-state index contributed by atoms with van der Waals surface area (Å²) in [5.74, 6) is -0.00458. The standard InChI is InChI=1S/C16H24N4O2/c1-3-19(4-2)16(22)20-11-7-13(8-12-20)15(21)18-14-5-9-17-10-6-14/h5-6,9-10,13H,3-4,7-8,11-12H2,1-2H3,(H,17,18,21). The third kappa shape index (κ3) is 3.96. The zero-order chi connectivity index (χ0) is 15.9. The Labute approximate surface area is 131 Å².